The molecule has 0 unspecified atom stereocenters. The van der Waals surface area contributed by atoms with Crippen LogP contribution >= 0.6 is 0 Å². The number of carbonyl (C=O) groups excluding carboxylic acids is 2. The second-order valence-corrected chi connectivity index (χ2v) is 7.12. The van der Waals surface area contributed by atoms with Crippen molar-refractivity contribution in [3.05, 3.63) is 59.7 Å². The number of amides is 1. The van der Waals surface area contributed by atoms with E-state index in [0.717, 1.165) is 25.9 Å². The quantitative estimate of drug-likeness (QED) is 0.549. The second-order valence-electron chi connectivity index (χ2n) is 7.12. The zero-order valence-electron chi connectivity index (χ0n) is 16.4. The van der Waals surface area contributed by atoms with Gasteiger partial charge in [-0.2, -0.15) is 0 Å². The van der Waals surface area contributed by atoms with Gasteiger partial charge in [0.25, 0.3) is 5.91 Å². The van der Waals surface area contributed by atoms with Gasteiger partial charge >= 0.3 is 5.97 Å². The van der Waals surface area contributed by atoms with E-state index in [-0.39, 0.29) is 11.9 Å². The van der Waals surface area contributed by atoms with Crippen LogP contribution in [0.15, 0.2) is 48.5 Å². The Balaban J connectivity index is 1.56. The number of nitrogens with one attached hydrogen (secondary N) is 1. The molecule has 1 heterocycles. The highest BCUT2D eigenvalue weighted by Crippen LogP contribution is 2.21. The van der Waals surface area contributed by atoms with Gasteiger partial charge < -0.3 is 15.0 Å². The molecule has 1 amide bonds. The normalized spacial score (nSPS) is 13.8. The molecule has 0 bridgehead atoms. The van der Waals surface area contributed by atoms with E-state index in [0.29, 0.717) is 23.4 Å². The van der Waals surface area contributed by atoms with E-state index in [1.165, 1.54) is 24.9 Å². The lowest BCUT2D eigenvalue weighted by Crippen LogP contribution is -2.29. The third kappa shape index (κ3) is 5.35. The lowest BCUT2D eigenvalue weighted by atomic mass is 10.1. The van der Waals surface area contributed by atoms with Crippen LogP contribution in [0, 0.1) is 0 Å². The predicted octanol–water partition coefficient (Wildman–Crippen LogP) is 4.89. The van der Waals surface area contributed by atoms with Gasteiger partial charge in [-0.15, -0.1) is 0 Å². The molecule has 0 radical (unpaired) electrons. The maximum Gasteiger partial charge on any atom is 0.338 e. The highest BCUT2D eigenvalue weighted by atomic mass is 16.5. The Labute approximate surface area is 166 Å². The van der Waals surface area contributed by atoms with Crippen molar-refractivity contribution in [2.75, 3.05) is 29.9 Å². The van der Waals surface area contributed by atoms with Crippen LogP contribution in [-0.4, -0.2) is 31.6 Å². The minimum Gasteiger partial charge on any atom is -0.462 e. The van der Waals surface area contributed by atoms with E-state index >= 15 is 0 Å². The number of rotatable bonds is 7. The summed E-state index contributed by atoms with van der Waals surface area (Å²) in [5, 5.41) is 2.87. The smallest absolute Gasteiger partial charge is 0.338 e. The molecule has 1 aliphatic rings. The van der Waals surface area contributed by atoms with E-state index in [1.807, 2.05) is 31.2 Å². The van der Waals surface area contributed by atoms with Crippen molar-refractivity contribution >= 4 is 23.3 Å². The van der Waals surface area contributed by atoms with Crippen LogP contribution < -0.4 is 10.2 Å². The van der Waals surface area contributed by atoms with Gasteiger partial charge in [0.1, 0.15) is 0 Å². The Bertz CT molecular complexity index is 778. The molecule has 5 nitrogen and oxygen atoms in total. The number of carbonyl (C=O) groups is 2. The summed E-state index contributed by atoms with van der Waals surface area (Å²) in [7, 11) is 0. The monoisotopic (exact) mass is 380 g/mol. The van der Waals surface area contributed by atoms with Gasteiger partial charge in [-0.1, -0.05) is 13.3 Å². The predicted molar refractivity (Wildman–Crippen MR) is 112 cm³/mol. The fraction of sp³-hybridized carbons (Fsp3) is 0.391. The Hall–Kier alpha value is -2.82. The Kier molecular flexibility index (Phi) is 7.06. The van der Waals surface area contributed by atoms with E-state index in [2.05, 4.69) is 10.2 Å². The van der Waals surface area contributed by atoms with E-state index in [9.17, 15) is 9.59 Å². The van der Waals surface area contributed by atoms with Crippen molar-refractivity contribution in [3.8, 4) is 0 Å². The number of hydrogen-bond donors (Lipinski definition) is 1. The summed E-state index contributed by atoms with van der Waals surface area (Å²) in [6, 6.07) is 14.5. The first kappa shape index (κ1) is 19.9. The minimum atomic E-state index is -0.334. The lowest BCUT2D eigenvalue weighted by molar-refractivity contribution is 0.0499. The van der Waals surface area contributed by atoms with Gasteiger partial charge in [0, 0.05) is 30.0 Å². The summed E-state index contributed by atoms with van der Waals surface area (Å²) in [6.45, 7) is 4.64. The second kappa shape index (κ2) is 9.93. The molecule has 0 aliphatic carbocycles. The Morgan fingerprint density at radius 1 is 0.929 bits per heavy atom. The molecular formula is C23H28N2O3. The van der Waals surface area contributed by atoms with Gasteiger partial charge in [-0.05, 0) is 74.2 Å². The lowest BCUT2D eigenvalue weighted by Gasteiger charge is -2.28. The Morgan fingerprint density at radius 3 is 2.21 bits per heavy atom. The van der Waals surface area contributed by atoms with Crippen molar-refractivity contribution < 1.29 is 14.3 Å². The molecule has 0 aromatic heterocycles. The fourth-order valence-electron chi connectivity index (χ4n) is 3.26. The number of benzene rings is 2. The molecule has 28 heavy (non-hydrogen) atoms. The van der Waals surface area contributed by atoms with Crippen molar-refractivity contribution in [1.82, 2.24) is 0 Å². The first-order valence-corrected chi connectivity index (χ1v) is 10.1. The zero-order valence-corrected chi connectivity index (χ0v) is 16.4. The largest absolute Gasteiger partial charge is 0.462 e. The maximum atomic E-state index is 12.5. The van der Waals surface area contributed by atoms with Gasteiger partial charge in [0.05, 0.1) is 12.2 Å². The number of piperidine rings is 1. The molecular weight excluding hydrogens is 352 g/mol. The van der Waals surface area contributed by atoms with Crippen molar-refractivity contribution in [1.29, 1.82) is 0 Å². The van der Waals surface area contributed by atoms with Gasteiger partial charge in [-0.3, -0.25) is 4.79 Å². The minimum absolute atomic E-state index is 0.163. The average molecular weight is 380 g/mol. The summed E-state index contributed by atoms with van der Waals surface area (Å²) in [4.78, 5) is 26.8. The summed E-state index contributed by atoms with van der Waals surface area (Å²) in [5.74, 6) is -0.497. The van der Waals surface area contributed by atoms with Crippen LogP contribution in [0.2, 0.25) is 0 Å². The standard InChI is InChI=1S/C23H28N2O3/c1-2-3-17-28-23(27)19-7-11-20(12-8-19)24-22(26)18-9-13-21(14-10-18)25-15-5-4-6-16-25/h7-14H,2-6,15-17H2,1H3,(H,24,26). The van der Waals surface area contributed by atoms with Crippen LogP contribution in [-0.2, 0) is 4.74 Å². The molecule has 1 fully saturated rings. The highest BCUT2D eigenvalue weighted by molar-refractivity contribution is 6.04. The first-order valence-electron chi connectivity index (χ1n) is 10.1. The molecule has 5 heteroatoms. The molecule has 148 valence electrons. The molecule has 2 aromatic carbocycles. The molecule has 0 spiro atoms. The molecule has 1 saturated heterocycles. The number of hydrogen-bond acceptors (Lipinski definition) is 4. The van der Waals surface area contributed by atoms with Crippen LogP contribution in [0.25, 0.3) is 0 Å². The van der Waals surface area contributed by atoms with Crippen LogP contribution in [0.4, 0.5) is 11.4 Å². The van der Waals surface area contributed by atoms with Crippen molar-refractivity contribution in [2.45, 2.75) is 39.0 Å². The zero-order chi connectivity index (χ0) is 19.8. The number of esters is 1. The van der Waals surface area contributed by atoms with Crippen molar-refractivity contribution in [2.24, 2.45) is 0 Å². The summed E-state index contributed by atoms with van der Waals surface area (Å²) in [6.07, 6.45) is 5.59. The highest BCUT2D eigenvalue weighted by Gasteiger charge is 2.13. The number of unbranched alkanes of at least 4 members (excludes halogenated alkanes) is 1. The molecule has 0 atom stereocenters. The molecule has 0 saturated carbocycles. The van der Waals surface area contributed by atoms with Crippen LogP contribution in [0.5, 0.6) is 0 Å². The SMILES string of the molecule is CCCCOC(=O)c1ccc(NC(=O)c2ccc(N3CCCCC3)cc2)cc1. The molecule has 1 aliphatic heterocycles. The average Bonchev–Trinajstić information content (AvgIpc) is 2.75. The fourth-order valence-corrected chi connectivity index (χ4v) is 3.26. The number of anilines is 2. The Morgan fingerprint density at radius 2 is 1.57 bits per heavy atom. The third-order valence-electron chi connectivity index (χ3n) is 4.96. The summed E-state index contributed by atoms with van der Waals surface area (Å²) >= 11 is 0. The van der Waals surface area contributed by atoms with E-state index < -0.39 is 0 Å². The third-order valence-corrected chi connectivity index (χ3v) is 4.96. The van der Waals surface area contributed by atoms with Crippen molar-refractivity contribution in [3.63, 3.8) is 0 Å². The molecule has 3 rings (SSSR count). The number of ether oxygens (including phenoxy) is 1. The van der Waals surface area contributed by atoms with E-state index in [4.69, 9.17) is 4.74 Å². The van der Waals surface area contributed by atoms with Gasteiger partial charge in [0.2, 0.25) is 0 Å². The first-order chi connectivity index (χ1) is 13.7. The summed E-state index contributed by atoms with van der Waals surface area (Å²) < 4.78 is 5.19. The van der Waals surface area contributed by atoms with Gasteiger partial charge in [0.15, 0.2) is 0 Å². The van der Waals surface area contributed by atoms with Crippen LogP contribution in [0.3, 0.4) is 0 Å². The number of nitrogens with zero attached hydrogens (tertiary/aromatic N) is 1. The van der Waals surface area contributed by atoms with Gasteiger partial charge in [-0.25, -0.2) is 4.79 Å². The molecule has 1 N–H and O–H groups in total. The topological polar surface area (TPSA) is 58.6 Å². The molecule has 2 aromatic rings. The van der Waals surface area contributed by atoms with E-state index in [1.54, 1.807) is 24.3 Å². The summed E-state index contributed by atoms with van der Waals surface area (Å²) in [5.41, 5.74) is 2.92. The maximum absolute atomic E-state index is 12.5. The van der Waals surface area contributed by atoms with Crippen LogP contribution in [0.1, 0.15) is 59.7 Å².